The molecule has 0 bridgehead atoms. The molecule has 1 fully saturated rings. The van der Waals surface area contributed by atoms with E-state index in [4.69, 9.17) is 18.5 Å². The minimum Gasteiger partial charge on any atom is -0.462 e. The lowest BCUT2D eigenvalue weighted by Crippen LogP contribution is -2.47. The molecule has 2 aromatic rings. The molecule has 1 aliphatic heterocycles. The largest absolute Gasteiger partial charge is 0.462 e. The van der Waals surface area contributed by atoms with Gasteiger partial charge in [0, 0.05) is 12.3 Å². The van der Waals surface area contributed by atoms with E-state index >= 15 is 0 Å². The predicted octanol–water partition coefficient (Wildman–Crippen LogP) is 0.679. The number of nitrogens with one attached hydrogen (secondary N) is 2. The number of aliphatic hydroxyl groups excluding tert-OH is 1. The number of para-hydroxylation sites is 1. The van der Waals surface area contributed by atoms with Crippen molar-refractivity contribution in [3.63, 3.8) is 0 Å². The van der Waals surface area contributed by atoms with Gasteiger partial charge >= 0.3 is 19.4 Å². The summed E-state index contributed by atoms with van der Waals surface area (Å²) < 4.78 is 36.3. The Labute approximate surface area is 206 Å². The van der Waals surface area contributed by atoms with Gasteiger partial charge in [0.1, 0.15) is 29.6 Å². The third kappa shape index (κ3) is 6.49. The summed E-state index contributed by atoms with van der Waals surface area (Å²) in [5, 5.41) is 24.0. The summed E-state index contributed by atoms with van der Waals surface area (Å²) in [6, 6.07) is 8.02. The highest BCUT2D eigenvalue weighted by atomic mass is 31.2. The van der Waals surface area contributed by atoms with Crippen molar-refractivity contribution in [1.82, 2.24) is 14.6 Å². The number of hydrogen-bond acceptors (Lipinski definition) is 10. The average molecular weight is 527 g/mol. The zero-order valence-electron chi connectivity index (χ0n) is 20.2. The van der Waals surface area contributed by atoms with Crippen LogP contribution in [0.2, 0.25) is 0 Å². The van der Waals surface area contributed by atoms with Crippen LogP contribution in [0, 0.1) is 0 Å². The molecule has 198 valence electrons. The first-order chi connectivity index (χ1) is 16.8. The lowest BCUT2D eigenvalue weighted by Gasteiger charge is -2.27. The number of benzene rings is 1. The van der Waals surface area contributed by atoms with Crippen LogP contribution in [0.5, 0.6) is 5.75 Å². The minimum absolute atomic E-state index is 0.176. The number of carbonyl (C=O) groups is 1. The summed E-state index contributed by atoms with van der Waals surface area (Å²) in [5.41, 5.74) is -3.49. The second kappa shape index (κ2) is 11.1. The lowest BCUT2D eigenvalue weighted by atomic mass is 9.96. The maximum atomic E-state index is 13.6. The zero-order chi connectivity index (χ0) is 26.7. The third-order valence-electron chi connectivity index (χ3n) is 5.29. The van der Waals surface area contributed by atoms with Gasteiger partial charge < -0.3 is 24.2 Å². The SMILES string of the molecule is CC(C)OC(=O)[C@H](C)N[P@](=O)(OCC1OC(n2ccc(=O)[nH]c2=O)[C@](C)(O)[C@@H]1O)Oc1ccccc1. The van der Waals surface area contributed by atoms with Gasteiger partial charge in [0.05, 0.1) is 12.7 Å². The zero-order valence-corrected chi connectivity index (χ0v) is 21.1. The fourth-order valence-corrected chi connectivity index (χ4v) is 5.00. The normalized spacial score (nSPS) is 26.4. The summed E-state index contributed by atoms with van der Waals surface area (Å²) in [6.07, 6.45) is -3.54. The van der Waals surface area contributed by atoms with Crippen LogP contribution < -0.4 is 20.9 Å². The van der Waals surface area contributed by atoms with Gasteiger partial charge in [0.2, 0.25) is 0 Å². The number of aliphatic hydroxyl groups is 2. The summed E-state index contributed by atoms with van der Waals surface area (Å²) in [6.45, 7) is 5.42. The Morgan fingerprint density at radius 2 is 1.92 bits per heavy atom. The molecule has 6 atom stereocenters. The quantitative estimate of drug-likeness (QED) is 0.252. The first-order valence-electron chi connectivity index (χ1n) is 11.2. The highest BCUT2D eigenvalue weighted by Gasteiger charge is 2.54. The van der Waals surface area contributed by atoms with E-state index in [1.54, 1.807) is 32.0 Å². The lowest BCUT2D eigenvalue weighted by molar-refractivity contribution is -0.149. The van der Waals surface area contributed by atoms with Crippen molar-refractivity contribution >= 4 is 13.7 Å². The first-order valence-corrected chi connectivity index (χ1v) is 12.7. The maximum Gasteiger partial charge on any atom is 0.459 e. The monoisotopic (exact) mass is 527 g/mol. The van der Waals surface area contributed by atoms with Gasteiger partial charge in [0.15, 0.2) is 6.23 Å². The minimum atomic E-state index is -4.26. The number of rotatable bonds is 10. The molecule has 0 aliphatic carbocycles. The van der Waals surface area contributed by atoms with Crippen molar-refractivity contribution in [1.29, 1.82) is 0 Å². The summed E-state index contributed by atoms with van der Waals surface area (Å²) in [7, 11) is -4.26. The van der Waals surface area contributed by atoms with Gasteiger partial charge in [-0.1, -0.05) is 18.2 Å². The van der Waals surface area contributed by atoms with Crippen LogP contribution >= 0.6 is 7.75 Å². The summed E-state index contributed by atoms with van der Waals surface area (Å²) in [4.78, 5) is 37.9. The molecule has 13 nitrogen and oxygen atoms in total. The van der Waals surface area contributed by atoms with Crippen LogP contribution in [-0.2, 0) is 23.4 Å². The molecule has 0 amide bonds. The predicted molar refractivity (Wildman–Crippen MR) is 126 cm³/mol. The van der Waals surface area contributed by atoms with Gasteiger partial charge in [-0.2, -0.15) is 5.09 Å². The van der Waals surface area contributed by atoms with Crippen molar-refractivity contribution in [3.8, 4) is 5.75 Å². The first kappa shape index (κ1) is 27.8. The van der Waals surface area contributed by atoms with E-state index in [1.165, 1.54) is 26.0 Å². The Bertz CT molecular complexity index is 1210. The van der Waals surface area contributed by atoms with Gasteiger partial charge in [-0.3, -0.25) is 23.7 Å². The molecule has 0 spiro atoms. The van der Waals surface area contributed by atoms with Gasteiger partial charge in [-0.15, -0.1) is 0 Å². The second-order valence-electron chi connectivity index (χ2n) is 8.75. The van der Waals surface area contributed by atoms with E-state index in [1.807, 2.05) is 4.98 Å². The topological polar surface area (TPSA) is 178 Å². The molecule has 1 aromatic heterocycles. The van der Waals surface area contributed by atoms with E-state index in [-0.39, 0.29) is 5.75 Å². The molecule has 14 heteroatoms. The van der Waals surface area contributed by atoms with E-state index in [9.17, 15) is 29.2 Å². The molecule has 1 aliphatic rings. The van der Waals surface area contributed by atoms with Crippen LogP contribution in [0.1, 0.15) is 33.9 Å². The Kier molecular flexibility index (Phi) is 8.55. The summed E-state index contributed by atoms with van der Waals surface area (Å²) >= 11 is 0. The summed E-state index contributed by atoms with van der Waals surface area (Å²) in [5.74, 6) is -0.515. The average Bonchev–Trinajstić information content (AvgIpc) is 3.01. The van der Waals surface area contributed by atoms with E-state index in [0.29, 0.717) is 0 Å². The number of hydrogen-bond donors (Lipinski definition) is 4. The van der Waals surface area contributed by atoms with Crippen LogP contribution in [0.3, 0.4) is 0 Å². The number of esters is 1. The fraction of sp³-hybridized carbons (Fsp3) is 0.500. The van der Waals surface area contributed by atoms with Crippen LogP contribution in [-0.4, -0.2) is 62.3 Å². The maximum absolute atomic E-state index is 13.6. The Hall–Kier alpha value is -2.80. The van der Waals surface area contributed by atoms with Crippen molar-refractivity contribution in [3.05, 3.63) is 63.4 Å². The van der Waals surface area contributed by atoms with Gasteiger partial charge in [-0.25, -0.2) is 9.36 Å². The molecule has 4 N–H and O–H groups in total. The molecule has 3 rings (SSSR count). The highest BCUT2D eigenvalue weighted by Crippen LogP contribution is 2.46. The molecular weight excluding hydrogens is 497 g/mol. The van der Waals surface area contributed by atoms with E-state index in [2.05, 4.69) is 5.09 Å². The van der Waals surface area contributed by atoms with Crippen molar-refractivity contribution in [2.45, 2.75) is 63.9 Å². The van der Waals surface area contributed by atoms with Gasteiger partial charge in [-0.05, 0) is 39.8 Å². The number of carbonyl (C=O) groups excluding carboxylic acids is 1. The molecular formula is C22H30N3O10P. The van der Waals surface area contributed by atoms with E-state index < -0.39 is 67.8 Å². The number of nitrogens with zero attached hydrogens (tertiary/aromatic N) is 1. The Morgan fingerprint density at radius 1 is 1.25 bits per heavy atom. The molecule has 2 unspecified atom stereocenters. The number of aromatic nitrogens is 2. The van der Waals surface area contributed by atoms with Crippen LogP contribution in [0.25, 0.3) is 0 Å². The Balaban J connectivity index is 1.80. The molecule has 1 aromatic carbocycles. The molecule has 2 heterocycles. The molecule has 1 saturated heterocycles. The molecule has 0 saturated carbocycles. The third-order valence-corrected chi connectivity index (χ3v) is 6.94. The van der Waals surface area contributed by atoms with Crippen molar-refractivity contribution < 1.29 is 38.1 Å². The van der Waals surface area contributed by atoms with Gasteiger partial charge in [0.25, 0.3) is 5.56 Å². The molecule has 36 heavy (non-hydrogen) atoms. The molecule has 0 radical (unpaired) electrons. The number of ether oxygens (including phenoxy) is 2. The van der Waals surface area contributed by atoms with Crippen LogP contribution in [0.4, 0.5) is 0 Å². The smallest absolute Gasteiger partial charge is 0.459 e. The number of H-pyrrole nitrogens is 1. The standard InChI is InChI=1S/C22H30N3O10P/c1-13(2)33-19(28)14(3)24-36(31,35-15-8-6-5-7-9-15)32-12-16-18(27)22(4,30)20(34-16)25-11-10-17(26)23-21(25)29/h5-11,13-14,16,18,20,27,30H,12H2,1-4H3,(H,24,31)(H,23,26,29)/t14-,16?,18+,20?,22+,36-/m0/s1. The highest BCUT2D eigenvalue weighted by molar-refractivity contribution is 7.52. The van der Waals surface area contributed by atoms with Crippen molar-refractivity contribution in [2.75, 3.05) is 6.61 Å². The second-order valence-corrected chi connectivity index (χ2v) is 10.4. The van der Waals surface area contributed by atoms with Crippen LogP contribution in [0.15, 0.2) is 52.2 Å². The fourth-order valence-electron chi connectivity index (χ4n) is 3.50. The Morgan fingerprint density at radius 3 is 2.53 bits per heavy atom. The van der Waals surface area contributed by atoms with E-state index in [0.717, 1.165) is 16.8 Å². The number of aromatic amines is 1. The van der Waals surface area contributed by atoms with Crippen molar-refractivity contribution in [2.24, 2.45) is 0 Å².